The molecule has 1 heterocycles. The predicted molar refractivity (Wildman–Crippen MR) is 108 cm³/mol. The largest absolute Gasteiger partial charge is 0.391 e. The first-order valence-corrected chi connectivity index (χ1v) is 10.2. The number of aromatic nitrogens is 2. The fourth-order valence-corrected chi connectivity index (χ4v) is 3.91. The SMILES string of the molecule is CCc1nc2ccccc2n1CCNC(=O)C(NC(=O)C1CCCC1)C(C)O. The van der Waals surface area contributed by atoms with Crippen LogP contribution in [0.5, 0.6) is 0 Å². The van der Waals surface area contributed by atoms with Crippen LogP contribution in [-0.2, 0) is 22.6 Å². The number of carbonyl (C=O) groups is 2. The minimum Gasteiger partial charge on any atom is -0.391 e. The normalized spacial score (nSPS) is 16.8. The van der Waals surface area contributed by atoms with E-state index in [2.05, 4.69) is 27.1 Å². The summed E-state index contributed by atoms with van der Waals surface area (Å²) < 4.78 is 2.10. The Morgan fingerprint density at radius 2 is 2.00 bits per heavy atom. The van der Waals surface area contributed by atoms with Gasteiger partial charge in [-0.05, 0) is 31.9 Å². The van der Waals surface area contributed by atoms with Crippen molar-refractivity contribution in [1.29, 1.82) is 0 Å². The lowest BCUT2D eigenvalue weighted by Gasteiger charge is -2.22. The van der Waals surface area contributed by atoms with Crippen LogP contribution in [0, 0.1) is 5.92 Å². The molecule has 1 fully saturated rings. The van der Waals surface area contributed by atoms with E-state index in [4.69, 9.17) is 0 Å². The number of para-hydroxylation sites is 2. The van der Waals surface area contributed by atoms with E-state index in [0.29, 0.717) is 13.1 Å². The van der Waals surface area contributed by atoms with Crippen LogP contribution in [0.25, 0.3) is 11.0 Å². The average Bonchev–Trinajstić information content (AvgIpc) is 3.33. The summed E-state index contributed by atoms with van der Waals surface area (Å²) in [6.07, 6.45) is 3.65. The molecule has 2 amide bonds. The fraction of sp³-hybridized carbons (Fsp3) is 0.571. The topological polar surface area (TPSA) is 96.3 Å². The van der Waals surface area contributed by atoms with E-state index >= 15 is 0 Å². The molecule has 1 aromatic carbocycles. The molecule has 1 aliphatic carbocycles. The number of hydrogen-bond donors (Lipinski definition) is 3. The molecule has 0 bridgehead atoms. The summed E-state index contributed by atoms with van der Waals surface area (Å²) >= 11 is 0. The van der Waals surface area contributed by atoms with Crippen LogP contribution in [0.4, 0.5) is 0 Å². The smallest absolute Gasteiger partial charge is 0.245 e. The number of aliphatic hydroxyl groups is 1. The van der Waals surface area contributed by atoms with Crippen molar-refractivity contribution in [2.24, 2.45) is 5.92 Å². The number of aliphatic hydroxyl groups excluding tert-OH is 1. The number of hydrogen-bond acceptors (Lipinski definition) is 4. The molecule has 0 saturated heterocycles. The Kier molecular flexibility index (Phi) is 6.67. The Morgan fingerprint density at radius 1 is 1.29 bits per heavy atom. The third-order valence-electron chi connectivity index (χ3n) is 5.47. The molecule has 1 saturated carbocycles. The monoisotopic (exact) mass is 386 g/mol. The summed E-state index contributed by atoms with van der Waals surface area (Å²) in [5.74, 6) is 0.437. The number of nitrogens with zero attached hydrogens (tertiary/aromatic N) is 2. The number of fused-ring (bicyclic) bond motifs is 1. The van der Waals surface area contributed by atoms with Crippen molar-refractivity contribution in [3.8, 4) is 0 Å². The Morgan fingerprint density at radius 3 is 2.68 bits per heavy atom. The van der Waals surface area contributed by atoms with Gasteiger partial charge in [0.2, 0.25) is 11.8 Å². The number of imidazole rings is 1. The first kappa shape index (κ1) is 20.3. The zero-order valence-corrected chi connectivity index (χ0v) is 16.6. The number of rotatable bonds is 8. The Bertz CT molecular complexity index is 824. The molecule has 2 aromatic rings. The lowest BCUT2D eigenvalue weighted by atomic mass is 10.1. The second kappa shape index (κ2) is 9.19. The van der Waals surface area contributed by atoms with E-state index in [-0.39, 0.29) is 17.7 Å². The van der Waals surface area contributed by atoms with Gasteiger partial charge in [-0.25, -0.2) is 4.98 Å². The quantitative estimate of drug-likeness (QED) is 0.644. The first-order valence-electron chi connectivity index (χ1n) is 10.2. The molecule has 3 N–H and O–H groups in total. The van der Waals surface area contributed by atoms with Crippen molar-refractivity contribution >= 4 is 22.8 Å². The molecule has 3 rings (SSSR count). The maximum Gasteiger partial charge on any atom is 0.245 e. The maximum atomic E-state index is 12.6. The summed E-state index contributed by atoms with van der Waals surface area (Å²) in [6.45, 7) is 4.56. The Labute approximate surface area is 165 Å². The van der Waals surface area contributed by atoms with E-state index in [1.54, 1.807) is 0 Å². The summed E-state index contributed by atoms with van der Waals surface area (Å²) in [6, 6.07) is 7.00. The number of nitrogens with one attached hydrogen (secondary N) is 2. The molecule has 1 aromatic heterocycles. The van der Waals surface area contributed by atoms with Gasteiger partial charge in [-0.2, -0.15) is 0 Å². The number of benzene rings is 1. The van der Waals surface area contributed by atoms with Crippen molar-refractivity contribution in [2.75, 3.05) is 6.54 Å². The minimum absolute atomic E-state index is 0.0431. The summed E-state index contributed by atoms with van der Waals surface area (Å²) in [5, 5.41) is 15.6. The zero-order chi connectivity index (χ0) is 20.1. The van der Waals surface area contributed by atoms with Crippen molar-refractivity contribution < 1.29 is 14.7 Å². The molecule has 7 nitrogen and oxygen atoms in total. The highest BCUT2D eigenvalue weighted by Crippen LogP contribution is 2.24. The van der Waals surface area contributed by atoms with Crippen LogP contribution < -0.4 is 10.6 Å². The molecular weight excluding hydrogens is 356 g/mol. The molecular formula is C21H30N4O3. The van der Waals surface area contributed by atoms with Gasteiger partial charge in [-0.3, -0.25) is 9.59 Å². The molecule has 28 heavy (non-hydrogen) atoms. The molecule has 2 atom stereocenters. The van der Waals surface area contributed by atoms with Gasteiger partial charge in [-0.1, -0.05) is 31.9 Å². The predicted octanol–water partition coefficient (Wildman–Crippen LogP) is 1.77. The van der Waals surface area contributed by atoms with Gasteiger partial charge in [-0.15, -0.1) is 0 Å². The van der Waals surface area contributed by atoms with Crippen LogP contribution in [0.3, 0.4) is 0 Å². The van der Waals surface area contributed by atoms with E-state index in [1.807, 2.05) is 24.3 Å². The lowest BCUT2D eigenvalue weighted by Crippen LogP contribution is -2.53. The summed E-state index contributed by atoms with van der Waals surface area (Å²) in [4.78, 5) is 29.5. The van der Waals surface area contributed by atoms with Crippen LogP contribution >= 0.6 is 0 Å². The van der Waals surface area contributed by atoms with Crippen LogP contribution in [0.1, 0.15) is 45.4 Å². The van der Waals surface area contributed by atoms with Crippen LogP contribution in [0.2, 0.25) is 0 Å². The molecule has 0 radical (unpaired) electrons. The molecule has 0 aliphatic heterocycles. The maximum absolute atomic E-state index is 12.6. The van der Waals surface area contributed by atoms with Crippen molar-refractivity contribution in [1.82, 2.24) is 20.2 Å². The second-order valence-corrected chi connectivity index (χ2v) is 7.52. The standard InChI is InChI=1S/C21H30N4O3/c1-3-18-23-16-10-6-7-11-17(16)25(18)13-12-22-21(28)19(14(2)26)24-20(27)15-8-4-5-9-15/h6-7,10-11,14-15,19,26H,3-5,8-9,12-13H2,1-2H3,(H,22,28)(H,24,27). The first-order chi connectivity index (χ1) is 13.5. The third kappa shape index (κ3) is 4.52. The van der Waals surface area contributed by atoms with E-state index in [9.17, 15) is 14.7 Å². The van der Waals surface area contributed by atoms with Crippen molar-refractivity contribution in [2.45, 2.75) is 64.6 Å². The molecule has 2 unspecified atom stereocenters. The van der Waals surface area contributed by atoms with E-state index < -0.39 is 12.1 Å². The van der Waals surface area contributed by atoms with Crippen LogP contribution in [0.15, 0.2) is 24.3 Å². The third-order valence-corrected chi connectivity index (χ3v) is 5.47. The number of amides is 2. The average molecular weight is 386 g/mol. The van der Waals surface area contributed by atoms with Gasteiger partial charge in [0.05, 0.1) is 17.1 Å². The van der Waals surface area contributed by atoms with Crippen LogP contribution in [-0.4, -0.2) is 45.2 Å². The molecule has 0 spiro atoms. The van der Waals surface area contributed by atoms with E-state index in [1.165, 1.54) is 6.92 Å². The summed E-state index contributed by atoms with van der Waals surface area (Å²) in [7, 11) is 0. The van der Waals surface area contributed by atoms with Crippen molar-refractivity contribution in [3.05, 3.63) is 30.1 Å². The number of aryl methyl sites for hydroxylation is 1. The van der Waals surface area contributed by atoms with Gasteiger partial charge in [0.25, 0.3) is 0 Å². The van der Waals surface area contributed by atoms with Gasteiger partial charge in [0, 0.05) is 25.4 Å². The van der Waals surface area contributed by atoms with Gasteiger partial charge < -0.3 is 20.3 Å². The Hall–Kier alpha value is -2.41. The van der Waals surface area contributed by atoms with Gasteiger partial charge >= 0.3 is 0 Å². The minimum atomic E-state index is -0.953. The number of carbonyl (C=O) groups excluding carboxylic acids is 2. The second-order valence-electron chi connectivity index (χ2n) is 7.52. The molecule has 7 heteroatoms. The lowest BCUT2D eigenvalue weighted by molar-refractivity contribution is -0.133. The molecule has 1 aliphatic rings. The Balaban J connectivity index is 1.60. The summed E-state index contributed by atoms with van der Waals surface area (Å²) in [5.41, 5.74) is 1.98. The molecule has 152 valence electrons. The zero-order valence-electron chi connectivity index (χ0n) is 16.6. The van der Waals surface area contributed by atoms with Gasteiger partial charge in [0.1, 0.15) is 11.9 Å². The van der Waals surface area contributed by atoms with E-state index in [0.717, 1.165) is 49.0 Å². The highest BCUT2D eigenvalue weighted by atomic mass is 16.3. The van der Waals surface area contributed by atoms with Gasteiger partial charge in [0.15, 0.2) is 0 Å². The van der Waals surface area contributed by atoms with Crippen molar-refractivity contribution in [3.63, 3.8) is 0 Å². The fourth-order valence-electron chi connectivity index (χ4n) is 3.91. The highest BCUT2D eigenvalue weighted by Gasteiger charge is 2.30. The highest BCUT2D eigenvalue weighted by molar-refractivity contribution is 5.89.